The van der Waals surface area contributed by atoms with E-state index in [1.165, 1.54) is 35.3 Å². The van der Waals surface area contributed by atoms with Gasteiger partial charge in [0.15, 0.2) is 17.8 Å². The van der Waals surface area contributed by atoms with Gasteiger partial charge in [-0.05, 0) is 56.2 Å². The fraction of sp³-hybridized carbons (Fsp3) is 0.320. The summed E-state index contributed by atoms with van der Waals surface area (Å²) in [7, 11) is 0. The van der Waals surface area contributed by atoms with Crippen LogP contribution in [0.15, 0.2) is 53.6 Å². The molecule has 210 valence electrons. The molecule has 0 bridgehead atoms. The average Bonchev–Trinajstić information content (AvgIpc) is 3.30. The van der Waals surface area contributed by atoms with E-state index < -0.39 is 24.5 Å². The normalized spacial score (nSPS) is 15.2. The molecule has 1 aliphatic rings. The quantitative estimate of drug-likeness (QED) is 0.319. The molecular weight excluding hydrogens is 574 g/mol. The Morgan fingerprint density at radius 1 is 1.15 bits per heavy atom. The van der Waals surface area contributed by atoms with Crippen LogP contribution in [0.25, 0.3) is 17.1 Å². The zero-order chi connectivity index (χ0) is 28.8. The summed E-state index contributed by atoms with van der Waals surface area (Å²) in [5.41, 5.74) is -0.335. The number of aliphatic hydroxyl groups is 1. The van der Waals surface area contributed by atoms with Crippen LogP contribution in [0, 0.1) is 0 Å². The highest BCUT2D eigenvalue weighted by atomic mass is 35.5. The van der Waals surface area contributed by atoms with E-state index in [0.29, 0.717) is 10.6 Å². The molecule has 2 heterocycles. The number of hydrogen-bond acceptors (Lipinski definition) is 6. The fourth-order valence-corrected chi connectivity index (χ4v) is 4.38. The van der Waals surface area contributed by atoms with Gasteiger partial charge in [0, 0.05) is 16.1 Å². The minimum absolute atomic E-state index is 0.0752. The van der Waals surface area contributed by atoms with Gasteiger partial charge in [-0.1, -0.05) is 29.3 Å². The molecule has 1 aliphatic carbocycles. The van der Waals surface area contributed by atoms with E-state index >= 15 is 0 Å². The molecule has 5 rings (SSSR count). The van der Waals surface area contributed by atoms with Crippen LogP contribution in [0.3, 0.4) is 0 Å². The number of nitrogens with one attached hydrogen (secondary N) is 1. The van der Waals surface area contributed by atoms with Crippen LogP contribution in [0.5, 0.6) is 0 Å². The zero-order valence-corrected chi connectivity index (χ0v) is 22.4. The summed E-state index contributed by atoms with van der Waals surface area (Å²) in [4.78, 5) is 30.3. The van der Waals surface area contributed by atoms with Crippen LogP contribution in [0.2, 0.25) is 10.0 Å². The number of alkyl halides is 3. The Balaban J connectivity index is 1.48. The maximum Gasteiger partial charge on any atom is 0.416 e. The van der Waals surface area contributed by atoms with Crippen LogP contribution in [-0.2, 0) is 13.1 Å². The number of para-hydroxylation sites is 1. The molecule has 15 heteroatoms. The topological polar surface area (TPSA) is 120 Å². The molecule has 2 aromatic carbocycles. The van der Waals surface area contributed by atoms with Gasteiger partial charge in [0.2, 0.25) is 0 Å². The predicted octanol–water partition coefficient (Wildman–Crippen LogP) is 3.85. The maximum absolute atomic E-state index is 13.1. The molecule has 2 aromatic heterocycles. The second-order valence-electron chi connectivity index (χ2n) is 9.69. The molecular formula is C25H22Cl2F3N7O3. The molecule has 0 radical (unpaired) electrons. The molecule has 1 saturated carbocycles. The lowest BCUT2D eigenvalue weighted by atomic mass is 10.1. The van der Waals surface area contributed by atoms with Crippen LogP contribution in [0.1, 0.15) is 35.9 Å². The number of hydrogen-bond donors (Lipinski definition) is 2. The van der Waals surface area contributed by atoms with Gasteiger partial charge in [0.1, 0.15) is 12.9 Å². The molecule has 1 fully saturated rings. The molecule has 40 heavy (non-hydrogen) atoms. The summed E-state index contributed by atoms with van der Waals surface area (Å²) in [5.74, 6) is -0.366. The third kappa shape index (κ3) is 5.76. The second-order valence-corrected chi connectivity index (χ2v) is 10.5. The van der Waals surface area contributed by atoms with E-state index in [1.807, 2.05) is 6.92 Å². The number of carbonyl (C=O) groups excluding carboxylic acids is 1. The van der Waals surface area contributed by atoms with Gasteiger partial charge in [0.25, 0.3) is 5.91 Å². The monoisotopic (exact) mass is 595 g/mol. The molecule has 0 aliphatic heterocycles. The Bertz CT molecular complexity index is 1630. The van der Waals surface area contributed by atoms with E-state index in [0.717, 1.165) is 22.1 Å². The van der Waals surface area contributed by atoms with Crippen LogP contribution in [-0.4, -0.2) is 57.9 Å². The smallest absolute Gasteiger partial charge is 0.382 e. The van der Waals surface area contributed by atoms with Gasteiger partial charge in [-0.2, -0.15) is 13.2 Å². The summed E-state index contributed by atoms with van der Waals surface area (Å²) in [5, 5.41) is 21.8. The van der Waals surface area contributed by atoms with E-state index in [9.17, 15) is 27.9 Å². The number of amides is 1. The lowest BCUT2D eigenvalue weighted by Gasteiger charge is -2.15. The number of carbonyl (C=O) groups is 1. The standard InChI is InChI=1S/C25H22Cl2F3N7O3/c1-24(9-10-24)32-22(39)16-3-2-4-17(27)20(16)37-13-31-19(33-37)12-36-23(40)35(11-18(38)25(28,29)30)21(34-36)14-5-7-15(26)8-6-14/h2-8,13,18,38H,9-12H2,1H3,(H,32,39). The molecule has 10 nitrogen and oxygen atoms in total. The van der Waals surface area contributed by atoms with Gasteiger partial charge in [0.05, 0.1) is 22.8 Å². The lowest BCUT2D eigenvalue weighted by molar-refractivity contribution is -0.207. The highest BCUT2D eigenvalue weighted by molar-refractivity contribution is 6.33. The lowest BCUT2D eigenvalue weighted by Crippen LogP contribution is -2.37. The predicted molar refractivity (Wildman–Crippen MR) is 140 cm³/mol. The van der Waals surface area contributed by atoms with Crippen molar-refractivity contribution in [1.29, 1.82) is 0 Å². The van der Waals surface area contributed by atoms with Gasteiger partial charge >= 0.3 is 11.9 Å². The largest absolute Gasteiger partial charge is 0.416 e. The van der Waals surface area contributed by atoms with Gasteiger partial charge in [-0.15, -0.1) is 10.2 Å². The van der Waals surface area contributed by atoms with Gasteiger partial charge in [-0.3, -0.25) is 9.36 Å². The fourth-order valence-electron chi connectivity index (χ4n) is 3.99. The minimum Gasteiger partial charge on any atom is -0.382 e. The highest BCUT2D eigenvalue weighted by Crippen LogP contribution is 2.35. The Kier molecular flexibility index (Phi) is 7.23. The van der Waals surface area contributed by atoms with Crippen molar-refractivity contribution in [3.05, 3.63) is 80.7 Å². The first-order valence-electron chi connectivity index (χ1n) is 12.0. The molecule has 0 saturated heterocycles. The first kappa shape index (κ1) is 27.9. The number of aliphatic hydroxyl groups excluding tert-OH is 1. The van der Waals surface area contributed by atoms with E-state index in [2.05, 4.69) is 20.5 Å². The second kappa shape index (κ2) is 10.4. The van der Waals surface area contributed by atoms with Gasteiger partial charge in [-0.25, -0.2) is 19.1 Å². The number of halogens is 5. The van der Waals surface area contributed by atoms with Crippen LogP contribution in [0.4, 0.5) is 13.2 Å². The molecule has 1 unspecified atom stereocenters. The summed E-state index contributed by atoms with van der Waals surface area (Å²) < 4.78 is 42.3. The van der Waals surface area contributed by atoms with Crippen molar-refractivity contribution in [2.45, 2.75) is 50.7 Å². The number of aromatic nitrogens is 6. The van der Waals surface area contributed by atoms with Crippen LogP contribution < -0.4 is 11.0 Å². The highest BCUT2D eigenvalue weighted by Gasteiger charge is 2.40. The average molecular weight is 596 g/mol. The Morgan fingerprint density at radius 2 is 1.85 bits per heavy atom. The Morgan fingerprint density at radius 3 is 2.50 bits per heavy atom. The van der Waals surface area contributed by atoms with E-state index in [-0.39, 0.29) is 45.9 Å². The van der Waals surface area contributed by atoms with Crippen molar-refractivity contribution in [3.63, 3.8) is 0 Å². The van der Waals surface area contributed by atoms with E-state index in [1.54, 1.807) is 18.2 Å². The summed E-state index contributed by atoms with van der Waals surface area (Å²) in [6, 6.07) is 10.8. The maximum atomic E-state index is 13.1. The third-order valence-electron chi connectivity index (χ3n) is 6.46. The Labute approximate surface area is 235 Å². The van der Waals surface area contributed by atoms with Crippen molar-refractivity contribution in [1.82, 2.24) is 34.4 Å². The first-order valence-corrected chi connectivity index (χ1v) is 12.8. The number of rotatable bonds is 8. The summed E-state index contributed by atoms with van der Waals surface area (Å²) >= 11 is 12.3. The Hall–Kier alpha value is -3.68. The SMILES string of the molecule is CC1(NC(=O)c2cccc(Cl)c2-n2cnc(Cn3nc(-c4ccc(Cl)cc4)n(CC(O)C(F)(F)F)c3=O)n2)CC1. The van der Waals surface area contributed by atoms with Crippen molar-refractivity contribution >= 4 is 29.1 Å². The molecule has 2 N–H and O–H groups in total. The molecule has 4 aromatic rings. The number of benzene rings is 2. The molecule has 1 amide bonds. The summed E-state index contributed by atoms with van der Waals surface area (Å²) in [6.45, 7) is 0.552. The zero-order valence-electron chi connectivity index (χ0n) is 20.9. The third-order valence-corrected chi connectivity index (χ3v) is 7.02. The van der Waals surface area contributed by atoms with Crippen molar-refractivity contribution in [2.24, 2.45) is 0 Å². The molecule has 0 spiro atoms. The van der Waals surface area contributed by atoms with Crippen LogP contribution >= 0.6 is 23.2 Å². The van der Waals surface area contributed by atoms with Crippen molar-refractivity contribution in [2.75, 3.05) is 0 Å². The minimum atomic E-state index is -4.95. The van der Waals surface area contributed by atoms with Gasteiger partial charge < -0.3 is 10.4 Å². The number of nitrogens with zero attached hydrogens (tertiary/aromatic N) is 6. The van der Waals surface area contributed by atoms with Crippen molar-refractivity contribution < 1.29 is 23.1 Å². The van der Waals surface area contributed by atoms with E-state index in [4.69, 9.17) is 23.2 Å². The summed E-state index contributed by atoms with van der Waals surface area (Å²) in [6.07, 6.45) is -4.71. The van der Waals surface area contributed by atoms with Crippen molar-refractivity contribution in [3.8, 4) is 17.1 Å². The first-order chi connectivity index (χ1) is 18.8. The molecule has 1 atom stereocenters.